The molecule has 4 saturated carbocycles. The first-order valence-corrected chi connectivity index (χ1v) is 29.1. The molecular formula is C65H90F8. The van der Waals surface area contributed by atoms with Crippen molar-refractivity contribution in [1.29, 1.82) is 0 Å². The second kappa shape index (κ2) is 32.7. The van der Waals surface area contributed by atoms with Crippen LogP contribution in [0.3, 0.4) is 0 Å². The maximum Gasteiger partial charge on any atom is 0.162 e. The summed E-state index contributed by atoms with van der Waals surface area (Å²) in [6.45, 7) is 8.88. The second-order valence-electron chi connectivity index (χ2n) is 22.3. The van der Waals surface area contributed by atoms with Crippen LogP contribution in [0.5, 0.6) is 0 Å². The van der Waals surface area contributed by atoms with Gasteiger partial charge >= 0.3 is 0 Å². The lowest BCUT2D eigenvalue weighted by Gasteiger charge is -2.29. The Hall–Kier alpha value is -3.68. The zero-order valence-corrected chi connectivity index (χ0v) is 45.1. The van der Waals surface area contributed by atoms with E-state index in [0.717, 1.165) is 101 Å². The second-order valence-corrected chi connectivity index (χ2v) is 22.3. The Bertz CT molecular complexity index is 2140. The predicted molar refractivity (Wildman–Crippen MR) is 287 cm³/mol. The van der Waals surface area contributed by atoms with Gasteiger partial charge in [0.1, 0.15) is 0 Å². The number of unbranched alkanes of at least 4 members (excludes halogenated alkanes) is 6. The van der Waals surface area contributed by atoms with E-state index in [9.17, 15) is 35.1 Å². The Morgan fingerprint density at radius 2 is 0.548 bits per heavy atom. The van der Waals surface area contributed by atoms with Crippen LogP contribution in [0.1, 0.15) is 260 Å². The van der Waals surface area contributed by atoms with E-state index < -0.39 is 46.5 Å². The van der Waals surface area contributed by atoms with Gasteiger partial charge in [-0.3, -0.25) is 0 Å². The molecule has 0 nitrogen and oxygen atoms in total. The monoisotopic (exact) mass is 1020 g/mol. The molecule has 4 aromatic rings. The normalized spacial score (nSPS) is 24.0. The van der Waals surface area contributed by atoms with Crippen LogP contribution in [0.15, 0.2) is 72.8 Å². The molecule has 0 saturated heterocycles. The highest BCUT2D eigenvalue weighted by atomic mass is 19.2. The Balaban J connectivity index is 0.000000181. The van der Waals surface area contributed by atoms with E-state index in [1.165, 1.54) is 133 Å². The summed E-state index contributed by atoms with van der Waals surface area (Å²) in [4.78, 5) is 0. The lowest BCUT2D eigenvalue weighted by molar-refractivity contribution is 0.297. The first-order chi connectivity index (χ1) is 35.4. The van der Waals surface area contributed by atoms with Crippen molar-refractivity contribution in [3.63, 3.8) is 0 Å². The molecule has 0 atom stereocenters. The highest BCUT2D eigenvalue weighted by molar-refractivity contribution is 5.26. The summed E-state index contributed by atoms with van der Waals surface area (Å²) in [5.41, 5.74) is 2.35. The molecule has 73 heavy (non-hydrogen) atoms. The highest BCUT2D eigenvalue weighted by Gasteiger charge is 2.28. The minimum atomic E-state index is -0.713. The summed E-state index contributed by atoms with van der Waals surface area (Å²) in [7, 11) is 0. The molecule has 406 valence electrons. The van der Waals surface area contributed by atoms with Gasteiger partial charge in [0.25, 0.3) is 0 Å². The zero-order chi connectivity index (χ0) is 52.5. The van der Waals surface area contributed by atoms with Crippen LogP contribution in [0.25, 0.3) is 0 Å². The van der Waals surface area contributed by atoms with Crippen LogP contribution in [0.4, 0.5) is 35.1 Å². The van der Waals surface area contributed by atoms with Gasteiger partial charge < -0.3 is 0 Å². The van der Waals surface area contributed by atoms with Gasteiger partial charge in [-0.25, -0.2) is 35.1 Å². The number of halogens is 8. The Labute approximate surface area is 436 Å². The fraction of sp³-hybridized carbons (Fsp3) is 0.631. The molecule has 0 unspecified atom stereocenters. The molecule has 4 aromatic carbocycles. The summed E-state index contributed by atoms with van der Waals surface area (Å²) in [5.74, 6) is -1.28. The SMILES string of the molecule is CCC1CCC(c2cccc(F)c2F)CC1.CCCC1CCC(c2cccc(F)c2F)CC1.CCCCCC1CCC(c2cccc(F)c2F)CC1.CCCCCCCC1CCC(c2cccc(F)c2F)CC1. The van der Waals surface area contributed by atoms with E-state index in [-0.39, 0.29) is 23.7 Å². The molecule has 0 aromatic heterocycles. The third-order valence-corrected chi connectivity index (χ3v) is 17.3. The number of benzene rings is 4. The Kier molecular flexibility index (Phi) is 27.0. The summed E-state index contributed by atoms with van der Waals surface area (Å²) in [5, 5.41) is 0. The standard InChI is InChI=1S/C19H28F2.C17H24F2.C15H20F2.C14H18F2/c1-2-3-4-5-6-8-15-11-13-16(14-12-15)17-9-7-10-18(20)19(17)21;1-2-3-4-6-13-9-11-14(12-10-13)15-7-5-8-16(18)17(15)19;1-2-4-11-7-9-12(10-8-11)13-5-3-6-14(16)15(13)17;1-2-10-6-8-11(9-7-10)12-4-3-5-13(15)14(12)16/h7,9-10,15-16H,2-6,8,11-14H2,1H3;5,7-8,13-14H,2-4,6,9-12H2,1H3;3,5-6,11-12H,2,4,7-10H2,1H3;3-5,10-11H,2,6-9H2,1H3. The maximum atomic E-state index is 13.8. The fourth-order valence-corrected chi connectivity index (χ4v) is 12.6. The molecular weight excluding hydrogens is 933 g/mol. The van der Waals surface area contributed by atoms with E-state index in [4.69, 9.17) is 0 Å². The molecule has 8 rings (SSSR count). The molecule has 0 radical (unpaired) electrons. The van der Waals surface area contributed by atoms with Crippen LogP contribution in [-0.2, 0) is 0 Å². The molecule has 0 bridgehead atoms. The summed E-state index contributed by atoms with van der Waals surface area (Å²) in [6, 6.07) is 18.3. The largest absolute Gasteiger partial charge is 0.204 e. The number of rotatable bonds is 17. The van der Waals surface area contributed by atoms with E-state index in [1.807, 2.05) is 0 Å². The quantitative estimate of drug-likeness (QED) is 0.0730. The molecule has 4 fully saturated rings. The maximum absolute atomic E-state index is 13.8. The van der Waals surface area contributed by atoms with Crippen molar-refractivity contribution in [1.82, 2.24) is 0 Å². The first kappa shape index (κ1) is 60.2. The smallest absolute Gasteiger partial charge is 0.162 e. The van der Waals surface area contributed by atoms with Crippen molar-refractivity contribution in [2.24, 2.45) is 23.7 Å². The van der Waals surface area contributed by atoms with Gasteiger partial charge in [0.15, 0.2) is 46.5 Å². The van der Waals surface area contributed by atoms with Crippen LogP contribution >= 0.6 is 0 Å². The van der Waals surface area contributed by atoms with E-state index in [2.05, 4.69) is 27.7 Å². The number of hydrogen-bond acceptors (Lipinski definition) is 0. The van der Waals surface area contributed by atoms with Crippen molar-refractivity contribution in [3.8, 4) is 0 Å². The van der Waals surface area contributed by atoms with Gasteiger partial charge in [-0.15, -0.1) is 0 Å². The Morgan fingerprint density at radius 1 is 0.288 bits per heavy atom. The van der Waals surface area contributed by atoms with Gasteiger partial charge in [0.05, 0.1) is 0 Å². The highest BCUT2D eigenvalue weighted by Crippen LogP contribution is 2.42. The van der Waals surface area contributed by atoms with Crippen molar-refractivity contribution < 1.29 is 35.1 Å². The minimum Gasteiger partial charge on any atom is -0.204 e. The number of hydrogen-bond donors (Lipinski definition) is 0. The van der Waals surface area contributed by atoms with Gasteiger partial charge in [-0.1, -0.05) is 160 Å². The summed E-state index contributed by atoms with van der Waals surface area (Å²) >= 11 is 0. The van der Waals surface area contributed by atoms with Crippen LogP contribution in [0.2, 0.25) is 0 Å². The van der Waals surface area contributed by atoms with Gasteiger partial charge in [0, 0.05) is 0 Å². The van der Waals surface area contributed by atoms with E-state index >= 15 is 0 Å². The average Bonchev–Trinajstić information content (AvgIpc) is 3.41. The van der Waals surface area contributed by atoms with Gasteiger partial charge in [0.2, 0.25) is 0 Å². The molecule has 0 N–H and O–H groups in total. The average molecular weight is 1020 g/mol. The summed E-state index contributed by atoms with van der Waals surface area (Å²) in [6.07, 6.45) is 34.3. The summed E-state index contributed by atoms with van der Waals surface area (Å²) < 4.78 is 108. The first-order valence-electron chi connectivity index (χ1n) is 29.1. The molecule has 8 heteroatoms. The molecule has 0 amide bonds. The molecule has 0 spiro atoms. The van der Waals surface area contributed by atoms with Crippen molar-refractivity contribution in [2.45, 2.75) is 238 Å². The van der Waals surface area contributed by atoms with Gasteiger partial charge in [-0.05, 0) is 197 Å². The molecule has 4 aliphatic rings. The lowest BCUT2D eigenvalue weighted by atomic mass is 9.77. The third kappa shape index (κ3) is 19.1. The van der Waals surface area contributed by atoms with Crippen molar-refractivity contribution >= 4 is 0 Å². The van der Waals surface area contributed by atoms with Crippen molar-refractivity contribution in [3.05, 3.63) is 142 Å². The molecule has 0 aliphatic heterocycles. The van der Waals surface area contributed by atoms with Gasteiger partial charge in [-0.2, -0.15) is 0 Å². The van der Waals surface area contributed by atoms with Crippen molar-refractivity contribution in [2.75, 3.05) is 0 Å². The fourth-order valence-electron chi connectivity index (χ4n) is 12.6. The molecule has 4 aliphatic carbocycles. The topological polar surface area (TPSA) is 0 Å². The zero-order valence-electron chi connectivity index (χ0n) is 45.1. The van der Waals surface area contributed by atoms with Crippen LogP contribution in [0, 0.1) is 70.2 Å². The van der Waals surface area contributed by atoms with Crippen LogP contribution < -0.4 is 0 Å². The molecule has 0 heterocycles. The predicted octanol–water partition coefficient (Wildman–Crippen LogP) is 22.1. The van der Waals surface area contributed by atoms with Crippen LogP contribution in [-0.4, -0.2) is 0 Å². The third-order valence-electron chi connectivity index (χ3n) is 17.3. The minimum absolute atomic E-state index is 0.219. The van der Waals surface area contributed by atoms with E-state index in [0.29, 0.717) is 22.3 Å². The van der Waals surface area contributed by atoms with E-state index in [1.54, 1.807) is 48.5 Å². The Morgan fingerprint density at radius 3 is 0.836 bits per heavy atom. The lowest BCUT2D eigenvalue weighted by Crippen LogP contribution is -2.14.